The molecule has 0 amide bonds. The van der Waals surface area contributed by atoms with Crippen molar-refractivity contribution in [1.82, 2.24) is 4.98 Å². The minimum atomic E-state index is -3.80. The zero-order chi connectivity index (χ0) is 14.2. The van der Waals surface area contributed by atoms with Gasteiger partial charge in [0.1, 0.15) is 16.3 Å². The van der Waals surface area contributed by atoms with Gasteiger partial charge in [0.05, 0.1) is 28.3 Å². The average Bonchev–Trinajstić information content (AvgIpc) is 2.89. The molecule has 0 radical (unpaired) electrons. The number of aromatic nitrogens is 1. The highest BCUT2D eigenvalue weighted by atomic mass is 35.5. The molecule has 0 saturated heterocycles. The van der Waals surface area contributed by atoms with Crippen LogP contribution < -0.4 is 4.72 Å². The summed E-state index contributed by atoms with van der Waals surface area (Å²) in [4.78, 5) is 3.90. The number of sulfonamides is 1. The second-order valence-electron chi connectivity index (χ2n) is 3.85. The molecule has 20 heavy (non-hydrogen) atoms. The molecule has 1 aromatic carbocycles. The summed E-state index contributed by atoms with van der Waals surface area (Å²) in [6.45, 7) is 0. The Hall–Kier alpha value is -1.77. The Labute approximate surface area is 123 Å². The molecule has 1 aromatic heterocycles. The van der Waals surface area contributed by atoms with E-state index in [1.54, 1.807) is 12.1 Å². The number of rotatable bonds is 3. The monoisotopic (exact) mass is 326 g/mol. The van der Waals surface area contributed by atoms with E-state index < -0.39 is 10.0 Å². The highest BCUT2D eigenvalue weighted by Crippen LogP contribution is 2.38. The molecule has 0 atom stereocenters. The maximum absolute atomic E-state index is 12.4. The minimum absolute atomic E-state index is 0.0590. The molecule has 1 aliphatic rings. The first-order chi connectivity index (χ1) is 9.58. The lowest BCUT2D eigenvalue weighted by molar-refractivity contribution is 0.601. The molecule has 2 aromatic rings. The normalized spacial score (nSPS) is 12.8. The van der Waals surface area contributed by atoms with Crippen LogP contribution in [0.2, 0.25) is 5.02 Å². The van der Waals surface area contributed by atoms with Gasteiger partial charge >= 0.3 is 0 Å². The van der Waals surface area contributed by atoms with Gasteiger partial charge in [-0.05, 0) is 18.2 Å². The van der Waals surface area contributed by atoms with Gasteiger partial charge in [-0.1, -0.05) is 17.7 Å². The molecule has 0 saturated carbocycles. The Balaban J connectivity index is 2.05. The van der Waals surface area contributed by atoms with Gasteiger partial charge in [0.25, 0.3) is 10.0 Å². The second kappa shape index (κ2) is 4.97. The number of pyridine rings is 1. The van der Waals surface area contributed by atoms with Crippen LogP contribution in [0.4, 0.5) is 17.1 Å². The fourth-order valence-corrected chi connectivity index (χ4v) is 3.69. The minimum Gasteiger partial charge on any atom is -0.276 e. The van der Waals surface area contributed by atoms with Crippen molar-refractivity contribution in [1.29, 1.82) is 0 Å². The van der Waals surface area contributed by atoms with Crippen molar-refractivity contribution in [3.8, 4) is 0 Å². The summed E-state index contributed by atoms with van der Waals surface area (Å²) in [6, 6.07) is 6.29. The number of benzene rings is 1. The van der Waals surface area contributed by atoms with E-state index in [-0.39, 0.29) is 15.6 Å². The van der Waals surface area contributed by atoms with E-state index in [2.05, 4.69) is 18.4 Å². The van der Waals surface area contributed by atoms with E-state index in [4.69, 9.17) is 11.6 Å². The summed E-state index contributed by atoms with van der Waals surface area (Å²) in [5.41, 5.74) is 1.09. The zero-order valence-corrected chi connectivity index (χ0v) is 12.2. The molecule has 3 rings (SSSR count). The number of hydrogen-bond donors (Lipinski definition) is 1. The lowest BCUT2D eigenvalue weighted by Gasteiger charge is -2.10. The van der Waals surface area contributed by atoms with E-state index in [9.17, 15) is 8.42 Å². The SMILES string of the molecule is O=S(=O)(Nc1cnccc1Cl)c1cccc2c1N=S=N2. The van der Waals surface area contributed by atoms with E-state index in [1.165, 1.54) is 24.5 Å². The van der Waals surface area contributed by atoms with Gasteiger partial charge in [-0.15, -0.1) is 0 Å². The quantitative estimate of drug-likeness (QED) is 0.801. The van der Waals surface area contributed by atoms with Crippen molar-refractivity contribution in [2.24, 2.45) is 8.73 Å². The predicted molar refractivity (Wildman–Crippen MR) is 78.0 cm³/mol. The largest absolute Gasteiger partial charge is 0.276 e. The van der Waals surface area contributed by atoms with Crippen molar-refractivity contribution in [3.63, 3.8) is 0 Å². The van der Waals surface area contributed by atoms with Crippen molar-refractivity contribution in [3.05, 3.63) is 41.7 Å². The van der Waals surface area contributed by atoms with Crippen LogP contribution in [-0.4, -0.2) is 13.4 Å². The van der Waals surface area contributed by atoms with E-state index in [0.717, 1.165) is 11.4 Å². The summed E-state index contributed by atoms with van der Waals surface area (Å²) in [5.74, 6) is 0. The van der Waals surface area contributed by atoms with Crippen LogP contribution in [0.25, 0.3) is 0 Å². The molecule has 9 heteroatoms. The number of nitrogens with one attached hydrogen (secondary N) is 1. The van der Waals surface area contributed by atoms with Crippen molar-refractivity contribution in [2.45, 2.75) is 4.90 Å². The molecular formula is C11H7ClN4O2S2. The smallest absolute Gasteiger partial charge is 0.264 e. The van der Waals surface area contributed by atoms with E-state index >= 15 is 0 Å². The molecule has 0 unspecified atom stereocenters. The number of nitrogens with zero attached hydrogens (tertiary/aromatic N) is 3. The van der Waals surface area contributed by atoms with Gasteiger partial charge in [0, 0.05) is 6.20 Å². The molecule has 0 fully saturated rings. The number of halogens is 1. The average molecular weight is 327 g/mol. The van der Waals surface area contributed by atoms with Crippen LogP contribution in [0.3, 0.4) is 0 Å². The lowest BCUT2D eigenvalue weighted by atomic mass is 10.3. The molecule has 2 heterocycles. The Bertz CT molecular complexity index is 860. The van der Waals surface area contributed by atoms with Crippen molar-refractivity contribution in [2.75, 3.05) is 4.72 Å². The second-order valence-corrected chi connectivity index (χ2v) is 6.44. The van der Waals surface area contributed by atoms with E-state index in [1.807, 2.05) is 0 Å². The fourth-order valence-electron chi connectivity index (χ4n) is 1.65. The van der Waals surface area contributed by atoms with Crippen molar-refractivity contribution >= 4 is 50.0 Å². The zero-order valence-electron chi connectivity index (χ0n) is 9.82. The highest BCUT2D eigenvalue weighted by Gasteiger charge is 2.23. The van der Waals surface area contributed by atoms with Crippen LogP contribution >= 0.6 is 11.6 Å². The summed E-state index contributed by atoms with van der Waals surface area (Å²) in [6.07, 6.45) is 2.82. The third-order valence-corrected chi connectivity index (χ3v) is 4.82. The van der Waals surface area contributed by atoms with Gasteiger partial charge in [0.2, 0.25) is 0 Å². The number of anilines is 1. The molecule has 0 aliphatic carbocycles. The van der Waals surface area contributed by atoms with Crippen LogP contribution in [0.5, 0.6) is 0 Å². The number of fused-ring (bicyclic) bond motifs is 1. The van der Waals surface area contributed by atoms with E-state index in [0.29, 0.717) is 11.4 Å². The van der Waals surface area contributed by atoms with Crippen LogP contribution in [0.15, 0.2) is 50.3 Å². The third kappa shape index (κ3) is 2.33. The first-order valence-corrected chi connectivity index (χ1v) is 8.01. The Morgan fingerprint density at radius 1 is 1.20 bits per heavy atom. The lowest BCUT2D eigenvalue weighted by Crippen LogP contribution is -2.13. The summed E-state index contributed by atoms with van der Waals surface area (Å²) < 4.78 is 35.2. The first-order valence-electron chi connectivity index (χ1n) is 5.41. The van der Waals surface area contributed by atoms with Gasteiger partial charge in [-0.25, -0.2) is 8.42 Å². The summed E-state index contributed by atoms with van der Waals surface area (Å²) in [5, 5.41) is 0.271. The predicted octanol–water partition coefficient (Wildman–Crippen LogP) is 3.26. The molecule has 102 valence electrons. The van der Waals surface area contributed by atoms with Gasteiger partial charge in [-0.2, -0.15) is 8.73 Å². The maximum Gasteiger partial charge on any atom is 0.264 e. The van der Waals surface area contributed by atoms with Gasteiger partial charge < -0.3 is 0 Å². The number of hydrogen-bond acceptors (Lipinski definition) is 5. The van der Waals surface area contributed by atoms with Crippen LogP contribution in [0.1, 0.15) is 0 Å². The van der Waals surface area contributed by atoms with Gasteiger partial charge in [-0.3, -0.25) is 9.71 Å². The third-order valence-electron chi connectivity index (χ3n) is 2.55. The molecule has 0 spiro atoms. The highest BCUT2D eigenvalue weighted by molar-refractivity contribution is 7.93. The molecule has 1 aliphatic heterocycles. The molecule has 0 bridgehead atoms. The Morgan fingerprint density at radius 2 is 2.05 bits per heavy atom. The maximum atomic E-state index is 12.4. The van der Waals surface area contributed by atoms with Crippen molar-refractivity contribution < 1.29 is 8.42 Å². The Morgan fingerprint density at radius 3 is 2.85 bits per heavy atom. The van der Waals surface area contributed by atoms with Gasteiger partial charge in [0.15, 0.2) is 0 Å². The molecule has 1 N–H and O–H groups in total. The first kappa shape index (κ1) is 13.2. The standard InChI is InChI=1S/C11H7ClN4O2S2/c12-7-4-5-13-6-9(7)16-20(17,18)10-3-1-2-8-11(10)15-19-14-8/h1-6,16H. The Kier molecular flexibility index (Phi) is 3.28. The van der Waals surface area contributed by atoms with Crippen LogP contribution in [-0.2, 0) is 21.4 Å². The summed E-state index contributed by atoms with van der Waals surface area (Å²) in [7, 11) is -3.80. The molecular weight excluding hydrogens is 320 g/mol. The van der Waals surface area contributed by atoms with Crippen LogP contribution in [0, 0.1) is 0 Å². The topological polar surface area (TPSA) is 83.8 Å². The fraction of sp³-hybridized carbons (Fsp3) is 0. The summed E-state index contributed by atoms with van der Waals surface area (Å²) >= 11 is 6.88. The molecule has 6 nitrogen and oxygen atoms in total.